The van der Waals surface area contributed by atoms with Gasteiger partial charge in [0.05, 0.1) is 23.1 Å². The lowest BCUT2D eigenvalue weighted by atomic mass is 10.0. The van der Waals surface area contributed by atoms with Gasteiger partial charge in [0.25, 0.3) is 5.56 Å². The number of aromatic hydroxyl groups is 1. The number of aliphatic hydroxyl groups excluding tert-OH is 3. The SMILES string of the molecule is O=C(Cc1c(O)n(-c2ccc(Oc3ccccc3)cc2)c(=S)[nH]c1=O)[C@@H](O)[C@H](O)[C@H](S)CO. The molecule has 1 heterocycles. The molecule has 3 aromatic rings. The van der Waals surface area contributed by atoms with Crippen LogP contribution in [0.2, 0.25) is 0 Å². The number of carbonyl (C=O) groups excluding carboxylic acids is 1. The summed E-state index contributed by atoms with van der Waals surface area (Å²) in [5, 5.41) is 38.6. The average molecular weight is 491 g/mol. The number of hydrogen-bond acceptors (Lipinski definition) is 9. The third-order valence-corrected chi connectivity index (χ3v) is 5.59. The molecular weight excluding hydrogens is 468 g/mol. The molecule has 33 heavy (non-hydrogen) atoms. The van der Waals surface area contributed by atoms with Crippen molar-refractivity contribution in [3.05, 3.63) is 75.3 Å². The Bertz CT molecular complexity index is 1230. The molecule has 11 heteroatoms. The second-order valence-corrected chi connectivity index (χ2v) is 8.18. The van der Waals surface area contributed by atoms with E-state index in [0.29, 0.717) is 17.2 Å². The highest BCUT2D eigenvalue weighted by atomic mass is 32.1. The average Bonchev–Trinajstić information content (AvgIpc) is 2.81. The summed E-state index contributed by atoms with van der Waals surface area (Å²) >= 11 is 9.05. The molecule has 0 spiro atoms. The number of aliphatic hydroxyl groups is 3. The normalized spacial score (nSPS) is 13.8. The van der Waals surface area contributed by atoms with Crippen LogP contribution >= 0.6 is 24.8 Å². The Balaban J connectivity index is 1.88. The van der Waals surface area contributed by atoms with Crippen molar-refractivity contribution < 1.29 is 30.0 Å². The van der Waals surface area contributed by atoms with Crippen LogP contribution in [0.3, 0.4) is 0 Å². The number of ketones is 1. The molecule has 9 nitrogen and oxygen atoms in total. The first-order valence-corrected chi connectivity index (χ1v) is 10.7. The quantitative estimate of drug-likeness (QED) is 0.196. The summed E-state index contributed by atoms with van der Waals surface area (Å²) in [5.74, 6) is -0.357. The van der Waals surface area contributed by atoms with Gasteiger partial charge in [-0.1, -0.05) is 18.2 Å². The predicted octanol–water partition coefficient (Wildman–Crippen LogP) is 1.52. The maximum absolute atomic E-state index is 12.4. The maximum Gasteiger partial charge on any atom is 0.259 e. The lowest BCUT2D eigenvalue weighted by molar-refractivity contribution is -0.132. The van der Waals surface area contributed by atoms with Gasteiger partial charge < -0.3 is 25.2 Å². The van der Waals surface area contributed by atoms with Crippen molar-refractivity contribution in [2.24, 2.45) is 0 Å². The van der Waals surface area contributed by atoms with Gasteiger partial charge in [0.15, 0.2) is 10.6 Å². The summed E-state index contributed by atoms with van der Waals surface area (Å²) in [6, 6.07) is 15.6. The van der Waals surface area contributed by atoms with Gasteiger partial charge in [-0.2, -0.15) is 12.6 Å². The summed E-state index contributed by atoms with van der Waals surface area (Å²) in [6.07, 6.45) is -4.25. The van der Waals surface area contributed by atoms with Crippen LogP contribution in [0, 0.1) is 4.77 Å². The van der Waals surface area contributed by atoms with Crippen LogP contribution in [-0.2, 0) is 11.2 Å². The molecule has 0 saturated heterocycles. The van der Waals surface area contributed by atoms with Gasteiger partial charge in [-0.3, -0.25) is 19.1 Å². The van der Waals surface area contributed by atoms with Crippen LogP contribution in [0.1, 0.15) is 5.56 Å². The van der Waals surface area contributed by atoms with Crippen molar-refractivity contribution in [2.75, 3.05) is 6.61 Å². The molecule has 3 rings (SSSR count). The number of nitrogens with zero attached hydrogens (tertiary/aromatic N) is 1. The number of ether oxygens (including phenoxy) is 1. The van der Waals surface area contributed by atoms with E-state index >= 15 is 0 Å². The number of thiol groups is 1. The first-order chi connectivity index (χ1) is 15.7. The van der Waals surface area contributed by atoms with E-state index < -0.39 is 47.7 Å². The molecule has 3 atom stereocenters. The standard InChI is InChI=1S/C22H22N2O7S2/c25-11-17(32)19(28)18(27)16(26)10-15-20(29)23-22(33)24(21(15)30)12-6-8-14(9-7-12)31-13-4-2-1-3-5-13/h1-9,17-19,25,27-28,30,32H,10-11H2,(H,23,29,33)/t17-,18-,19-/m1/s1. The molecule has 0 bridgehead atoms. The van der Waals surface area contributed by atoms with Gasteiger partial charge in [-0.25, -0.2) is 0 Å². The zero-order valence-electron chi connectivity index (χ0n) is 17.2. The fourth-order valence-corrected chi connectivity index (χ4v) is 3.48. The van der Waals surface area contributed by atoms with E-state index in [9.17, 15) is 24.9 Å². The zero-order chi connectivity index (χ0) is 24.1. The topological polar surface area (TPSA) is 145 Å². The van der Waals surface area contributed by atoms with Crippen LogP contribution in [-0.4, -0.2) is 59.8 Å². The van der Waals surface area contributed by atoms with Gasteiger partial charge >= 0.3 is 0 Å². The van der Waals surface area contributed by atoms with Crippen molar-refractivity contribution in [3.8, 4) is 23.1 Å². The highest BCUT2D eigenvalue weighted by molar-refractivity contribution is 7.81. The van der Waals surface area contributed by atoms with E-state index in [0.717, 1.165) is 4.57 Å². The number of aromatic amines is 1. The van der Waals surface area contributed by atoms with Gasteiger partial charge in [0.2, 0.25) is 5.88 Å². The second kappa shape index (κ2) is 10.8. The van der Waals surface area contributed by atoms with E-state index in [1.54, 1.807) is 36.4 Å². The lowest BCUT2D eigenvalue weighted by Gasteiger charge is -2.21. The van der Waals surface area contributed by atoms with E-state index in [-0.39, 0.29) is 10.3 Å². The van der Waals surface area contributed by atoms with Crippen molar-refractivity contribution in [1.29, 1.82) is 0 Å². The molecule has 0 aliphatic heterocycles. The smallest absolute Gasteiger partial charge is 0.259 e. The van der Waals surface area contributed by atoms with Gasteiger partial charge in [0.1, 0.15) is 23.7 Å². The summed E-state index contributed by atoms with van der Waals surface area (Å²) in [5.41, 5.74) is -0.763. The maximum atomic E-state index is 12.4. The summed E-state index contributed by atoms with van der Waals surface area (Å²) in [6.45, 7) is -0.574. The zero-order valence-corrected chi connectivity index (χ0v) is 18.9. The number of rotatable bonds is 9. The van der Waals surface area contributed by atoms with Crippen molar-refractivity contribution in [1.82, 2.24) is 9.55 Å². The largest absolute Gasteiger partial charge is 0.494 e. The summed E-state index contributed by atoms with van der Waals surface area (Å²) < 4.78 is 6.77. The molecule has 1 aromatic heterocycles. The minimum Gasteiger partial charge on any atom is -0.494 e. The van der Waals surface area contributed by atoms with Crippen LogP contribution in [0.25, 0.3) is 5.69 Å². The van der Waals surface area contributed by atoms with Crippen LogP contribution in [0.15, 0.2) is 59.4 Å². The van der Waals surface area contributed by atoms with Gasteiger partial charge in [-0.15, -0.1) is 0 Å². The molecule has 0 saturated carbocycles. The number of nitrogens with one attached hydrogen (secondary N) is 1. The fourth-order valence-electron chi connectivity index (χ4n) is 3.04. The number of Topliss-reactive ketones (excluding diaryl/α,β-unsaturated/α-hetero) is 1. The fraction of sp³-hybridized carbons (Fsp3) is 0.227. The van der Waals surface area contributed by atoms with E-state index in [1.165, 1.54) is 0 Å². The molecule has 5 N–H and O–H groups in total. The Kier molecular flexibility index (Phi) is 8.06. The van der Waals surface area contributed by atoms with Crippen LogP contribution < -0.4 is 10.3 Å². The Labute approximate surface area is 199 Å². The molecular formula is C22H22N2O7S2. The minimum absolute atomic E-state index is 0.110. The number of hydrogen-bond donors (Lipinski definition) is 6. The highest BCUT2D eigenvalue weighted by Gasteiger charge is 2.30. The lowest BCUT2D eigenvalue weighted by Crippen LogP contribution is -2.42. The molecule has 174 valence electrons. The number of aromatic nitrogens is 2. The Morgan fingerprint density at radius 2 is 1.70 bits per heavy atom. The van der Waals surface area contributed by atoms with Crippen LogP contribution in [0.4, 0.5) is 0 Å². The molecule has 0 aliphatic rings. The molecule has 0 aliphatic carbocycles. The molecule has 0 radical (unpaired) electrons. The molecule has 0 amide bonds. The van der Waals surface area contributed by atoms with Crippen molar-refractivity contribution in [2.45, 2.75) is 23.9 Å². The van der Waals surface area contributed by atoms with E-state index in [1.807, 2.05) is 18.2 Å². The Morgan fingerprint density at radius 3 is 2.30 bits per heavy atom. The molecule has 2 aromatic carbocycles. The molecule has 0 unspecified atom stereocenters. The third-order valence-electron chi connectivity index (χ3n) is 4.84. The number of H-pyrrole nitrogens is 1. The molecule has 0 fully saturated rings. The van der Waals surface area contributed by atoms with Gasteiger partial charge in [0, 0.05) is 6.42 Å². The number of para-hydroxylation sites is 1. The summed E-state index contributed by atoms with van der Waals surface area (Å²) in [7, 11) is 0. The van der Waals surface area contributed by atoms with Crippen LogP contribution in [0.5, 0.6) is 17.4 Å². The summed E-state index contributed by atoms with van der Waals surface area (Å²) in [4.78, 5) is 27.1. The predicted molar refractivity (Wildman–Crippen MR) is 126 cm³/mol. The van der Waals surface area contributed by atoms with E-state index in [2.05, 4.69) is 17.6 Å². The highest BCUT2D eigenvalue weighted by Crippen LogP contribution is 2.25. The Morgan fingerprint density at radius 1 is 1.09 bits per heavy atom. The first kappa shape index (κ1) is 24.7. The minimum atomic E-state index is -1.91. The number of carbonyl (C=O) groups is 1. The Hall–Kier alpha value is -2.96. The second-order valence-electron chi connectivity index (χ2n) is 7.13. The van der Waals surface area contributed by atoms with Gasteiger partial charge in [-0.05, 0) is 48.6 Å². The number of benzene rings is 2. The van der Waals surface area contributed by atoms with Crippen molar-refractivity contribution in [3.63, 3.8) is 0 Å². The monoisotopic (exact) mass is 490 g/mol. The van der Waals surface area contributed by atoms with E-state index in [4.69, 9.17) is 22.1 Å². The first-order valence-electron chi connectivity index (χ1n) is 9.81. The third kappa shape index (κ3) is 5.70. The van der Waals surface area contributed by atoms with Crippen molar-refractivity contribution >= 4 is 30.6 Å².